The van der Waals surface area contributed by atoms with Crippen molar-refractivity contribution in [1.82, 2.24) is 0 Å². The van der Waals surface area contributed by atoms with Crippen LogP contribution in [0.2, 0.25) is 5.02 Å². The largest absolute Gasteiger partial charge is 0.508 e. The van der Waals surface area contributed by atoms with Crippen molar-refractivity contribution in [2.75, 3.05) is 0 Å². The fraction of sp³-hybridized carbons (Fsp3) is 0.300. The van der Waals surface area contributed by atoms with Crippen LogP contribution in [-0.2, 0) is 0 Å². The molecule has 2 N–H and O–H groups in total. The molecular weight excluding hydrogens is 204 g/mol. The molecule has 0 bridgehead atoms. The van der Waals surface area contributed by atoms with Gasteiger partial charge >= 0.3 is 0 Å². The summed E-state index contributed by atoms with van der Waals surface area (Å²) in [4.78, 5) is 11.5. The standard InChI is InChI=1S/C10H11ClO3/c1-5(2)9(13)7-3-6(12)4-8(11)10(7)14/h3-5,12,14H,1-2H3. The zero-order valence-corrected chi connectivity index (χ0v) is 8.67. The molecule has 0 aliphatic heterocycles. The molecule has 0 aliphatic rings. The van der Waals surface area contributed by atoms with Crippen LogP contribution in [0.25, 0.3) is 0 Å². The molecule has 0 saturated heterocycles. The van der Waals surface area contributed by atoms with Crippen LogP contribution < -0.4 is 0 Å². The molecule has 0 spiro atoms. The second-order valence-corrected chi connectivity index (χ2v) is 3.75. The van der Waals surface area contributed by atoms with Gasteiger partial charge in [-0.2, -0.15) is 0 Å². The summed E-state index contributed by atoms with van der Waals surface area (Å²) in [5, 5.41) is 18.7. The van der Waals surface area contributed by atoms with Gasteiger partial charge in [0, 0.05) is 12.0 Å². The molecule has 0 unspecified atom stereocenters. The molecule has 14 heavy (non-hydrogen) atoms. The summed E-state index contributed by atoms with van der Waals surface area (Å²) < 4.78 is 0. The van der Waals surface area contributed by atoms with Crippen molar-refractivity contribution < 1.29 is 15.0 Å². The molecule has 0 saturated carbocycles. The molecule has 0 amide bonds. The third-order valence-corrected chi connectivity index (χ3v) is 2.13. The number of Topliss-reactive ketones (excluding diaryl/α,β-unsaturated/α-hetero) is 1. The number of carbonyl (C=O) groups excluding carboxylic acids is 1. The highest BCUT2D eigenvalue weighted by Crippen LogP contribution is 2.33. The van der Waals surface area contributed by atoms with E-state index in [0.717, 1.165) is 0 Å². The highest BCUT2D eigenvalue weighted by Gasteiger charge is 2.17. The molecule has 0 atom stereocenters. The van der Waals surface area contributed by atoms with E-state index in [1.165, 1.54) is 12.1 Å². The average Bonchev–Trinajstić information content (AvgIpc) is 2.09. The lowest BCUT2D eigenvalue weighted by atomic mass is 10.00. The number of aromatic hydroxyl groups is 2. The number of carbonyl (C=O) groups is 1. The summed E-state index contributed by atoms with van der Waals surface area (Å²) in [5.41, 5.74) is 0.0602. The van der Waals surface area contributed by atoms with Crippen molar-refractivity contribution in [2.24, 2.45) is 5.92 Å². The molecule has 0 radical (unpaired) electrons. The van der Waals surface area contributed by atoms with Crippen LogP contribution in [0.1, 0.15) is 24.2 Å². The number of ketones is 1. The molecule has 0 aliphatic carbocycles. The predicted molar refractivity (Wildman–Crippen MR) is 54.0 cm³/mol. The number of hydrogen-bond donors (Lipinski definition) is 2. The quantitative estimate of drug-likeness (QED) is 0.588. The third kappa shape index (κ3) is 1.99. The van der Waals surface area contributed by atoms with Crippen molar-refractivity contribution in [3.8, 4) is 11.5 Å². The van der Waals surface area contributed by atoms with Crippen molar-refractivity contribution in [3.63, 3.8) is 0 Å². The molecule has 1 rings (SSSR count). The minimum atomic E-state index is -0.275. The highest BCUT2D eigenvalue weighted by molar-refractivity contribution is 6.32. The van der Waals surface area contributed by atoms with E-state index >= 15 is 0 Å². The van der Waals surface area contributed by atoms with Crippen LogP contribution in [0, 0.1) is 5.92 Å². The van der Waals surface area contributed by atoms with Gasteiger partial charge < -0.3 is 10.2 Å². The summed E-state index contributed by atoms with van der Waals surface area (Å²) >= 11 is 5.61. The van der Waals surface area contributed by atoms with E-state index in [2.05, 4.69) is 0 Å². The van der Waals surface area contributed by atoms with Crippen molar-refractivity contribution in [3.05, 3.63) is 22.7 Å². The first-order chi connectivity index (χ1) is 6.43. The Kier molecular flexibility index (Phi) is 3.01. The van der Waals surface area contributed by atoms with E-state index in [0.29, 0.717) is 0 Å². The number of phenolic OH excluding ortho intramolecular Hbond substituents is 2. The van der Waals surface area contributed by atoms with Gasteiger partial charge in [-0.25, -0.2) is 0 Å². The molecule has 76 valence electrons. The van der Waals surface area contributed by atoms with E-state index in [1.54, 1.807) is 13.8 Å². The molecule has 0 aromatic heterocycles. The SMILES string of the molecule is CC(C)C(=O)c1cc(O)cc(Cl)c1O. The van der Waals surface area contributed by atoms with Crippen LogP contribution in [0.15, 0.2) is 12.1 Å². The van der Waals surface area contributed by atoms with Crippen molar-refractivity contribution in [1.29, 1.82) is 0 Å². The Bertz CT molecular complexity index is 372. The zero-order chi connectivity index (χ0) is 10.9. The zero-order valence-electron chi connectivity index (χ0n) is 7.91. The number of halogens is 1. The average molecular weight is 215 g/mol. The first kappa shape index (κ1) is 10.9. The molecular formula is C10H11ClO3. The maximum absolute atomic E-state index is 11.5. The highest BCUT2D eigenvalue weighted by atomic mass is 35.5. The Hall–Kier alpha value is -1.22. The van der Waals surface area contributed by atoms with Crippen LogP contribution >= 0.6 is 11.6 Å². The van der Waals surface area contributed by atoms with E-state index in [-0.39, 0.29) is 33.8 Å². The van der Waals surface area contributed by atoms with Gasteiger partial charge in [0.25, 0.3) is 0 Å². The lowest BCUT2D eigenvalue weighted by Gasteiger charge is -2.08. The topological polar surface area (TPSA) is 57.5 Å². The van der Waals surface area contributed by atoms with Gasteiger partial charge in [0.2, 0.25) is 0 Å². The molecule has 1 aromatic carbocycles. The second kappa shape index (κ2) is 3.88. The molecule has 1 aromatic rings. The summed E-state index contributed by atoms with van der Waals surface area (Å²) in [6, 6.07) is 2.40. The van der Waals surface area contributed by atoms with Gasteiger partial charge in [0.1, 0.15) is 11.5 Å². The predicted octanol–water partition coefficient (Wildman–Crippen LogP) is 2.59. The number of benzene rings is 1. The lowest BCUT2D eigenvalue weighted by molar-refractivity contribution is 0.0936. The third-order valence-electron chi connectivity index (χ3n) is 1.84. The fourth-order valence-electron chi connectivity index (χ4n) is 1.08. The number of hydrogen-bond acceptors (Lipinski definition) is 3. The van der Waals surface area contributed by atoms with Crippen molar-refractivity contribution >= 4 is 17.4 Å². The monoisotopic (exact) mass is 214 g/mol. The van der Waals surface area contributed by atoms with E-state index in [4.69, 9.17) is 11.6 Å². The van der Waals surface area contributed by atoms with Crippen molar-refractivity contribution in [2.45, 2.75) is 13.8 Å². The molecule has 4 heteroatoms. The van der Waals surface area contributed by atoms with Gasteiger partial charge in [-0.3, -0.25) is 4.79 Å². The van der Waals surface area contributed by atoms with Crippen LogP contribution in [-0.4, -0.2) is 16.0 Å². The Morgan fingerprint density at radius 2 is 1.93 bits per heavy atom. The smallest absolute Gasteiger partial charge is 0.169 e. The van der Waals surface area contributed by atoms with Gasteiger partial charge in [0.05, 0.1) is 10.6 Å². The van der Waals surface area contributed by atoms with Gasteiger partial charge in [0.15, 0.2) is 5.78 Å². The normalized spacial score (nSPS) is 10.6. The van der Waals surface area contributed by atoms with E-state index in [1.807, 2.05) is 0 Å². The summed E-state index contributed by atoms with van der Waals surface area (Å²) in [5.74, 6) is -0.904. The van der Waals surface area contributed by atoms with Crippen LogP contribution in [0.4, 0.5) is 0 Å². The van der Waals surface area contributed by atoms with E-state index < -0.39 is 0 Å². The molecule has 3 nitrogen and oxygen atoms in total. The minimum absolute atomic E-state index is 0.0194. The Balaban J connectivity index is 3.27. The summed E-state index contributed by atoms with van der Waals surface area (Å²) in [6.45, 7) is 3.42. The van der Waals surface area contributed by atoms with Crippen LogP contribution in [0.3, 0.4) is 0 Å². The van der Waals surface area contributed by atoms with Gasteiger partial charge in [-0.1, -0.05) is 25.4 Å². The maximum atomic E-state index is 11.5. The van der Waals surface area contributed by atoms with Gasteiger partial charge in [-0.05, 0) is 6.07 Å². The Labute approximate surface area is 86.9 Å². The maximum Gasteiger partial charge on any atom is 0.169 e. The van der Waals surface area contributed by atoms with Gasteiger partial charge in [-0.15, -0.1) is 0 Å². The second-order valence-electron chi connectivity index (χ2n) is 3.34. The first-order valence-corrected chi connectivity index (χ1v) is 4.57. The number of phenols is 2. The fourth-order valence-corrected chi connectivity index (χ4v) is 1.30. The summed E-state index contributed by atoms with van der Waals surface area (Å²) in [6.07, 6.45) is 0. The first-order valence-electron chi connectivity index (χ1n) is 4.19. The minimum Gasteiger partial charge on any atom is -0.508 e. The summed E-state index contributed by atoms with van der Waals surface area (Å²) in [7, 11) is 0. The number of rotatable bonds is 2. The lowest BCUT2D eigenvalue weighted by Crippen LogP contribution is -2.07. The molecule has 0 fully saturated rings. The van der Waals surface area contributed by atoms with E-state index in [9.17, 15) is 15.0 Å². The van der Waals surface area contributed by atoms with Crippen LogP contribution in [0.5, 0.6) is 11.5 Å². The Morgan fingerprint density at radius 3 is 2.43 bits per heavy atom. The Morgan fingerprint density at radius 1 is 1.36 bits per heavy atom. The molecule has 0 heterocycles.